The van der Waals surface area contributed by atoms with Gasteiger partial charge in [-0.2, -0.15) is 4.98 Å². The Hall–Kier alpha value is -2.91. The topological polar surface area (TPSA) is 70.1 Å². The summed E-state index contributed by atoms with van der Waals surface area (Å²) in [6, 6.07) is 5.06. The van der Waals surface area contributed by atoms with Crippen molar-refractivity contribution in [2.24, 2.45) is 5.41 Å². The number of halogens is 1. The maximum atomic E-state index is 13.4. The third-order valence-corrected chi connectivity index (χ3v) is 6.13. The second-order valence-electron chi connectivity index (χ2n) is 8.28. The van der Waals surface area contributed by atoms with Crippen LogP contribution < -0.4 is 10.6 Å². The molecule has 6 heteroatoms. The molecule has 1 heterocycles. The molecular formula is C23H25FN4O. The Morgan fingerprint density at radius 3 is 2.93 bits per heavy atom. The highest BCUT2D eigenvalue weighted by Gasteiger charge is 2.47. The zero-order valence-corrected chi connectivity index (χ0v) is 16.7. The molecule has 1 fully saturated rings. The molecule has 5 nitrogen and oxygen atoms in total. The third kappa shape index (κ3) is 3.70. The van der Waals surface area contributed by atoms with Crippen LogP contribution in [0.25, 0.3) is 5.57 Å². The number of hydrogen-bond donors (Lipinski definition) is 3. The molecule has 2 aliphatic rings. The lowest BCUT2D eigenvalue weighted by molar-refractivity contribution is -0.0511. The number of anilines is 2. The summed E-state index contributed by atoms with van der Waals surface area (Å²) in [5, 5.41) is 16.6. The number of allylic oxidation sites excluding steroid dienone is 1. The number of aliphatic hydroxyl groups is 1. The lowest BCUT2D eigenvalue weighted by Crippen LogP contribution is -2.57. The van der Waals surface area contributed by atoms with Gasteiger partial charge in [0.2, 0.25) is 5.95 Å². The van der Waals surface area contributed by atoms with Crippen LogP contribution in [0.4, 0.5) is 16.2 Å². The molecule has 3 N–H and O–H groups in total. The highest BCUT2D eigenvalue weighted by atomic mass is 19.1. The van der Waals surface area contributed by atoms with Gasteiger partial charge in [0, 0.05) is 18.0 Å². The van der Waals surface area contributed by atoms with E-state index >= 15 is 0 Å². The maximum Gasteiger partial charge on any atom is 0.224 e. The highest BCUT2D eigenvalue weighted by molar-refractivity contribution is 5.73. The van der Waals surface area contributed by atoms with Gasteiger partial charge in [0.25, 0.3) is 0 Å². The minimum absolute atomic E-state index is 0.105. The molecule has 29 heavy (non-hydrogen) atoms. The number of hydrogen-bond acceptors (Lipinski definition) is 5. The largest absolute Gasteiger partial charge is 0.392 e. The predicted molar refractivity (Wildman–Crippen MR) is 113 cm³/mol. The van der Waals surface area contributed by atoms with E-state index in [9.17, 15) is 9.50 Å². The molecule has 0 saturated heterocycles. The number of nitrogens with zero attached hydrogens (tertiary/aromatic N) is 2. The predicted octanol–water partition coefficient (Wildman–Crippen LogP) is 3.61. The van der Waals surface area contributed by atoms with Gasteiger partial charge in [-0.1, -0.05) is 31.9 Å². The summed E-state index contributed by atoms with van der Waals surface area (Å²) in [6.07, 6.45) is 11.3. The number of fused-ring (bicyclic) bond motifs is 1. The standard InChI is InChI=1S/C23H25FN4O/c1-4-14-13-26-22(28-21(14)27-19-12-20(29)23(19,2)3)25-10-9-15-5-6-16-11-17(24)7-8-18(15)16/h1,5,7-8,11,13,19-20,29H,6,9-10,12H2,2-3H3,(H2,25,26,27,28)/t19-,20+/m1/s1. The van der Waals surface area contributed by atoms with E-state index < -0.39 is 0 Å². The summed E-state index contributed by atoms with van der Waals surface area (Å²) < 4.78 is 13.4. The molecule has 2 aromatic rings. The Morgan fingerprint density at radius 2 is 2.21 bits per heavy atom. The van der Waals surface area contributed by atoms with Crippen molar-refractivity contribution >= 4 is 17.3 Å². The molecule has 1 aromatic carbocycles. The lowest BCUT2D eigenvalue weighted by atomic mass is 9.64. The van der Waals surface area contributed by atoms with Gasteiger partial charge in [-0.05, 0) is 48.1 Å². The van der Waals surface area contributed by atoms with Crippen LogP contribution in [0.5, 0.6) is 0 Å². The summed E-state index contributed by atoms with van der Waals surface area (Å²) in [5.41, 5.74) is 3.72. The SMILES string of the molecule is C#Cc1cnc(NCCC2=CCc3cc(F)ccc32)nc1N[C@@H]1C[C@H](O)C1(C)C. The van der Waals surface area contributed by atoms with Crippen molar-refractivity contribution < 1.29 is 9.50 Å². The number of terminal acetylenes is 1. The van der Waals surface area contributed by atoms with E-state index in [4.69, 9.17) is 6.42 Å². The van der Waals surface area contributed by atoms with Crippen molar-refractivity contribution in [3.05, 3.63) is 53.0 Å². The van der Waals surface area contributed by atoms with Crippen molar-refractivity contribution in [3.8, 4) is 12.3 Å². The molecule has 0 spiro atoms. The molecule has 4 rings (SSSR count). The highest BCUT2D eigenvalue weighted by Crippen LogP contribution is 2.42. The molecule has 0 aliphatic heterocycles. The van der Waals surface area contributed by atoms with Gasteiger partial charge in [-0.15, -0.1) is 6.42 Å². The van der Waals surface area contributed by atoms with E-state index in [1.165, 1.54) is 11.6 Å². The normalized spacial score (nSPS) is 21.6. The minimum atomic E-state index is -0.329. The van der Waals surface area contributed by atoms with E-state index in [0.717, 1.165) is 24.0 Å². The van der Waals surface area contributed by atoms with Crippen LogP contribution in [0.15, 0.2) is 30.5 Å². The molecule has 0 amide bonds. The molecule has 0 unspecified atom stereocenters. The molecule has 0 bridgehead atoms. The second kappa shape index (κ2) is 7.49. The monoisotopic (exact) mass is 392 g/mol. The average Bonchev–Trinajstić information content (AvgIpc) is 3.10. The minimum Gasteiger partial charge on any atom is -0.392 e. The third-order valence-electron chi connectivity index (χ3n) is 6.13. The second-order valence-corrected chi connectivity index (χ2v) is 8.28. The van der Waals surface area contributed by atoms with Crippen molar-refractivity contribution in [2.75, 3.05) is 17.2 Å². The fourth-order valence-electron chi connectivity index (χ4n) is 3.93. The fraction of sp³-hybridized carbons (Fsp3) is 0.391. The van der Waals surface area contributed by atoms with Crippen LogP contribution in [0, 0.1) is 23.6 Å². The van der Waals surface area contributed by atoms with Crippen LogP contribution in [0.1, 0.15) is 43.4 Å². The first-order valence-corrected chi connectivity index (χ1v) is 9.88. The number of aliphatic hydroxyl groups excluding tert-OH is 1. The van der Waals surface area contributed by atoms with E-state index in [-0.39, 0.29) is 23.4 Å². The van der Waals surface area contributed by atoms with Crippen molar-refractivity contribution in [1.82, 2.24) is 9.97 Å². The van der Waals surface area contributed by atoms with E-state index in [2.05, 4.69) is 32.6 Å². The average molecular weight is 392 g/mol. The van der Waals surface area contributed by atoms with Gasteiger partial charge in [0.05, 0.1) is 17.9 Å². The van der Waals surface area contributed by atoms with Crippen molar-refractivity contribution in [2.45, 2.75) is 45.3 Å². The van der Waals surface area contributed by atoms with Gasteiger partial charge >= 0.3 is 0 Å². The number of benzene rings is 1. The van der Waals surface area contributed by atoms with Gasteiger partial charge in [0.15, 0.2) is 0 Å². The van der Waals surface area contributed by atoms with Crippen LogP contribution >= 0.6 is 0 Å². The first-order chi connectivity index (χ1) is 13.9. The molecule has 2 atom stereocenters. The quantitative estimate of drug-likeness (QED) is 0.655. The number of rotatable bonds is 6. The summed E-state index contributed by atoms with van der Waals surface area (Å²) >= 11 is 0. The van der Waals surface area contributed by atoms with Crippen LogP contribution in [0.2, 0.25) is 0 Å². The van der Waals surface area contributed by atoms with Gasteiger partial charge in [0.1, 0.15) is 11.6 Å². The maximum absolute atomic E-state index is 13.4. The summed E-state index contributed by atoms with van der Waals surface area (Å²) in [5.74, 6) is 3.53. The van der Waals surface area contributed by atoms with Crippen molar-refractivity contribution in [3.63, 3.8) is 0 Å². The molecule has 1 saturated carbocycles. The van der Waals surface area contributed by atoms with Gasteiger partial charge in [-0.25, -0.2) is 9.37 Å². The summed E-state index contributed by atoms with van der Waals surface area (Å²) in [4.78, 5) is 8.86. The Balaban J connectivity index is 1.40. The first kappa shape index (κ1) is 19.4. The summed E-state index contributed by atoms with van der Waals surface area (Å²) in [7, 11) is 0. The lowest BCUT2D eigenvalue weighted by Gasteiger charge is -2.49. The van der Waals surface area contributed by atoms with Crippen LogP contribution in [0.3, 0.4) is 0 Å². The van der Waals surface area contributed by atoms with E-state index in [0.29, 0.717) is 30.3 Å². The van der Waals surface area contributed by atoms with Gasteiger partial charge < -0.3 is 15.7 Å². The Bertz CT molecular complexity index is 1010. The molecule has 1 aromatic heterocycles. The van der Waals surface area contributed by atoms with Crippen LogP contribution in [-0.4, -0.2) is 33.8 Å². The molecular weight excluding hydrogens is 367 g/mol. The van der Waals surface area contributed by atoms with E-state index in [1.807, 2.05) is 19.9 Å². The molecule has 2 aliphatic carbocycles. The van der Waals surface area contributed by atoms with Gasteiger partial charge in [-0.3, -0.25) is 0 Å². The molecule has 0 radical (unpaired) electrons. The van der Waals surface area contributed by atoms with Crippen molar-refractivity contribution in [1.29, 1.82) is 0 Å². The van der Waals surface area contributed by atoms with E-state index in [1.54, 1.807) is 12.3 Å². The zero-order chi connectivity index (χ0) is 20.6. The Morgan fingerprint density at radius 1 is 1.38 bits per heavy atom. The Kier molecular flexibility index (Phi) is 5.01. The smallest absolute Gasteiger partial charge is 0.224 e. The summed E-state index contributed by atoms with van der Waals surface area (Å²) in [6.45, 7) is 4.70. The number of nitrogens with one attached hydrogen (secondary N) is 2. The van der Waals surface area contributed by atoms with Crippen LogP contribution in [-0.2, 0) is 6.42 Å². The fourth-order valence-corrected chi connectivity index (χ4v) is 3.93. The Labute approximate surface area is 170 Å². The number of aromatic nitrogens is 2. The molecule has 150 valence electrons. The first-order valence-electron chi connectivity index (χ1n) is 9.88. The zero-order valence-electron chi connectivity index (χ0n) is 16.7.